The molecule has 0 aromatic heterocycles. The summed E-state index contributed by atoms with van der Waals surface area (Å²) < 4.78 is 1.04. The second-order valence-electron chi connectivity index (χ2n) is 3.04. The largest absolute Gasteiger partial charge is 0.351 e. The minimum Gasteiger partial charge on any atom is -0.351 e. The van der Waals surface area contributed by atoms with Gasteiger partial charge in [0.1, 0.15) is 11.6 Å². The van der Waals surface area contributed by atoms with Gasteiger partial charge in [-0.3, -0.25) is 10.1 Å². The van der Waals surface area contributed by atoms with Crippen LogP contribution in [0, 0.1) is 14.9 Å². The van der Waals surface area contributed by atoms with Crippen molar-refractivity contribution >= 4 is 40.6 Å². The highest BCUT2D eigenvalue weighted by Crippen LogP contribution is 2.10. The maximum absolute atomic E-state index is 11.4. The molecule has 3 N–H and O–H groups in total. The number of hydrogen-bond acceptors (Lipinski definition) is 3. The Hall–Kier alpha value is -1.88. The van der Waals surface area contributed by atoms with Gasteiger partial charge >= 0.3 is 6.03 Å². The van der Waals surface area contributed by atoms with Crippen molar-refractivity contribution in [3.05, 3.63) is 39.0 Å². The van der Waals surface area contributed by atoms with Gasteiger partial charge in [0.25, 0.3) is 5.91 Å². The SMILES string of the molecule is N#C/C(=C/c1ccc(I)cc1)C(=O)NC(N)=O. The fraction of sp³-hybridized carbons (Fsp3) is 0. The fourth-order valence-corrected chi connectivity index (χ4v) is 1.41. The van der Waals surface area contributed by atoms with E-state index in [2.05, 4.69) is 22.6 Å². The van der Waals surface area contributed by atoms with Crippen LogP contribution in [0.15, 0.2) is 29.8 Å². The highest BCUT2D eigenvalue weighted by Gasteiger charge is 2.10. The molecule has 86 valence electrons. The highest BCUT2D eigenvalue weighted by atomic mass is 127. The van der Waals surface area contributed by atoms with Gasteiger partial charge in [-0.15, -0.1) is 0 Å². The van der Waals surface area contributed by atoms with E-state index in [0.717, 1.165) is 3.57 Å². The van der Waals surface area contributed by atoms with Crippen molar-refractivity contribution in [2.75, 3.05) is 0 Å². The van der Waals surface area contributed by atoms with Crippen LogP contribution in [0.5, 0.6) is 0 Å². The number of nitriles is 1. The van der Waals surface area contributed by atoms with Gasteiger partial charge in [0.15, 0.2) is 0 Å². The first-order valence-electron chi connectivity index (χ1n) is 4.51. The molecule has 0 saturated heterocycles. The second kappa shape index (κ2) is 6.00. The summed E-state index contributed by atoms with van der Waals surface area (Å²) in [5, 5.41) is 10.6. The van der Waals surface area contributed by atoms with Gasteiger partial charge in [0.05, 0.1) is 0 Å². The molecule has 0 heterocycles. The maximum atomic E-state index is 11.4. The molecule has 0 radical (unpaired) electrons. The standard InChI is InChI=1S/C11H8IN3O2/c12-9-3-1-7(2-4-9)5-8(6-13)10(16)15-11(14)17/h1-5H,(H3,14,15,16,17)/b8-5-. The molecule has 1 aromatic carbocycles. The Kier molecular flexibility index (Phi) is 4.66. The molecule has 0 aliphatic rings. The molecule has 1 rings (SSSR count). The Labute approximate surface area is 111 Å². The van der Waals surface area contributed by atoms with Crippen LogP contribution in [0.3, 0.4) is 0 Å². The number of nitrogens with zero attached hydrogens (tertiary/aromatic N) is 1. The van der Waals surface area contributed by atoms with E-state index in [0.29, 0.717) is 5.56 Å². The molecule has 17 heavy (non-hydrogen) atoms. The van der Waals surface area contributed by atoms with Crippen molar-refractivity contribution in [3.8, 4) is 6.07 Å². The molecule has 0 bridgehead atoms. The smallest absolute Gasteiger partial charge is 0.319 e. The summed E-state index contributed by atoms with van der Waals surface area (Å²) in [7, 11) is 0. The summed E-state index contributed by atoms with van der Waals surface area (Å²) in [4.78, 5) is 21.8. The van der Waals surface area contributed by atoms with Gasteiger partial charge in [-0.2, -0.15) is 5.26 Å². The number of carbonyl (C=O) groups excluding carboxylic acids is 2. The molecular weight excluding hydrogens is 333 g/mol. The van der Waals surface area contributed by atoms with E-state index in [4.69, 9.17) is 11.0 Å². The lowest BCUT2D eigenvalue weighted by molar-refractivity contribution is -0.115. The van der Waals surface area contributed by atoms with Crippen LogP contribution in [0.25, 0.3) is 6.08 Å². The monoisotopic (exact) mass is 341 g/mol. The third-order valence-electron chi connectivity index (χ3n) is 1.78. The number of rotatable bonds is 2. The number of nitrogens with two attached hydrogens (primary N) is 1. The fourth-order valence-electron chi connectivity index (χ4n) is 1.05. The van der Waals surface area contributed by atoms with Gasteiger partial charge in [-0.1, -0.05) is 12.1 Å². The number of amides is 3. The minimum absolute atomic E-state index is 0.176. The number of halogens is 1. The molecule has 3 amide bonds. The Morgan fingerprint density at radius 3 is 2.41 bits per heavy atom. The van der Waals surface area contributed by atoms with Gasteiger partial charge in [-0.05, 0) is 46.4 Å². The van der Waals surface area contributed by atoms with E-state index < -0.39 is 11.9 Å². The minimum atomic E-state index is -0.987. The molecule has 0 saturated carbocycles. The van der Waals surface area contributed by atoms with E-state index >= 15 is 0 Å². The van der Waals surface area contributed by atoms with Crippen LogP contribution in [0.2, 0.25) is 0 Å². The quantitative estimate of drug-likeness (QED) is 0.483. The summed E-state index contributed by atoms with van der Waals surface area (Å²) in [5.41, 5.74) is 5.31. The first-order valence-corrected chi connectivity index (χ1v) is 5.59. The Bertz CT molecular complexity index is 515. The molecule has 0 spiro atoms. The Morgan fingerprint density at radius 2 is 1.94 bits per heavy atom. The summed E-state index contributed by atoms with van der Waals surface area (Å²) in [6.45, 7) is 0. The Morgan fingerprint density at radius 1 is 1.35 bits per heavy atom. The molecule has 0 atom stereocenters. The number of primary amides is 1. The topological polar surface area (TPSA) is 96.0 Å². The molecule has 6 heteroatoms. The predicted molar refractivity (Wildman–Crippen MR) is 70.5 cm³/mol. The molecular formula is C11H8IN3O2. The number of benzene rings is 1. The van der Waals surface area contributed by atoms with Crippen molar-refractivity contribution in [3.63, 3.8) is 0 Å². The summed E-state index contributed by atoms with van der Waals surface area (Å²) >= 11 is 2.14. The van der Waals surface area contributed by atoms with Gasteiger partial charge in [0, 0.05) is 3.57 Å². The summed E-state index contributed by atoms with van der Waals surface area (Å²) in [5.74, 6) is -0.807. The molecule has 0 fully saturated rings. The van der Waals surface area contributed by atoms with Crippen LogP contribution in [0.1, 0.15) is 5.56 Å². The van der Waals surface area contributed by atoms with Crippen LogP contribution in [0.4, 0.5) is 4.79 Å². The predicted octanol–water partition coefficient (Wildman–Crippen LogP) is 1.39. The number of carbonyl (C=O) groups is 2. The van der Waals surface area contributed by atoms with Crippen molar-refractivity contribution < 1.29 is 9.59 Å². The normalized spacial score (nSPS) is 10.5. The maximum Gasteiger partial charge on any atom is 0.319 e. The summed E-state index contributed by atoms with van der Waals surface area (Å²) in [6, 6.07) is 7.92. The lowest BCUT2D eigenvalue weighted by Gasteiger charge is -1.99. The molecule has 5 nitrogen and oxygen atoms in total. The lowest BCUT2D eigenvalue weighted by atomic mass is 10.1. The van der Waals surface area contributed by atoms with E-state index in [1.807, 2.05) is 17.4 Å². The first-order chi connectivity index (χ1) is 8.02. The zero-order valence-corrected chi connectivity index (χ0v) is 10.8. The molecule has 0 aliphatic carbocycles. The first kappa shape index (κ1) is 13.2. The third kappa shape index (κ3) is 4.24. The van der Waals surface area contributed by atoms with E-state index in [-0.39, 0.29) is 5.57 Å². The number of urea groups is 1. The number of hydrogen-bond donors (Lipinski definition) is 2. The third-order valence-corrected chi connectivity index (χ3v) is 2.50. The molecule has 1 aromatic rings. The Balaban J connectivity index is 2.95. The van der Waals surface area contributed by atoms with Crippen molar-refractivity contribution in [1.29, 1.82) is 5.26 Å². The van der Waals surface area contributed by atoms with Crippen LogP contribution in [-0.4, -0.2) is 11.9 Å². The molecule has 0 unspecified atom stereocenters. The van der Waals surface area contributed by atoms with Crippen molar-refractivity contribution in [1.82, 2.24) is 5.32 Å². The summed E-state index contributed by atoms with van der Waals surface area (Å²) in [6.07, 6.45) is 1.38. The van der Waals surface area contributed by atoms with Crippen LogP contribution < -0.4 is 11.1 Å². The van der Waals surface area contributed by atoms with E-state index in [1.54, 1.807) is 18.2 Å². The van der Waals surface area contributed by atoms with Gasteiger partial charge in [0.2, 0.25) is 0 Å². The van der Waals surface area contributed by atoms with E-state index in [1.165, 1.54) is 6.08 Å². The van der Waals surface area contributed by atoms with E-state index in [9.17, 15) is 9.59 Å². The number of nitrogens with one attached hydrogen (secondary N) is 1. The van der Waals surface area contributed by atoms with Crippen molar-refractivity contribution in [2.24, 2.45) is 5.73 Å². The molecule has 0 aliphatic heterocycles. The zero-order valence-electron chi connectivity index (χ0n) is 8.61. The average molecular weight is 341 g/mol. The second-order valence-corrected chi connectivity index (χ2v) is 4.29. The number of imide groups is 1. The lowest BCUT2D eigenvalue weighted by Crippen LogP contribution is -2.35. The average Bonchev–Trinajstić information content (AvgIpc) is 2.27. The van der Waals surface area contributed by atoms with Gasteiger partial charge < -0.3 is 5.73 Å². The van der Waals surface area contributed by atoms with Crippen LogP contribution in [-0.2, 0) is 4.79 Å². The highest BCUT2D eigenvalue weighted by molar-refractivity contribution is 14.1. The zero-order chi connectivity index (χ0) is 12.8. The van der Waals surface area contributed by atoms with Gasteiger partial charge in [-0.25, -0.2) is 4.79 Å². The van der Waals surface area contributed by atoms with Crippen molar-refractivity contribution in [2.45, 2.75) is 0 Å². The van der Waals surface area contributed by atoms with Crippen LogP contribution >= 0.6 is 22.6 Å².